The highest BCUT2D eigenvalue weighted by Gasteiger charge is 2.06. The molecule has 1 aliphatic heterocycles. The number of rotatable bonds is 5. The van der Waals surface area contributed by atoms with Gasteiger partial charge in [0.15, 0.2) is 5.78 Å². The average Bonchev–Trinajstić information content (AvgIpc) is 2.76. The monoisotopic (exact) mass is 369 g/mol. The molecule has 1 aliphatic rings. The lowest BCUT2D eigenvalue weighted by Gasteiger charge is -2.24. The highest BCUT2D eigenvalue weighted by molar-refractivity contribution is 6.12. The second kappa shape index (κ2) is 8.68. The summed E-state index contributed by atoms with van der Waals surface area (Å²) in [7, 11) is 0. The number of allylic oxidation sites excluding steroid dienone is 5. The Morgan fingerprint density at radius 3 is 2.39 bits per heavy atom. The Morgan fingerprint density at radius 1 is 0.821 bits per heavy atom. The first kappa shape index (κ1) is 18.2. The number of nitrogens with zero attached hydrogens (tertiary/aromatic N) is 1. The Labute approximate surface area is 165 Å². The fraction of sp³-hybridized carbons (Fsp3) is 0.160. The molecule has 1 saturated heterocycles. The minimum absolute atomic E-state index is 0.0108. The van der Waals surface area contributed by atoms with Gasteiger partial charge in [0.2, 0.25) is 0 Å². The number of morpholine rings is 1. The van der Waals surface area contributed by atoms with E-state index >= 15 is 0 Å². The molecule has 4 rings (SSSR count). The normalized spacial score (nSPS) is 15.5. The van der Waals surface area contributed by atoms with Gasteiger partial charge in [0, 0.05) is 18.7 Å². The first-order chi connectivity index (χ1) is 13.8. The van der Waals surface area contributed by atoms with Gasteiger partial charge in [-0.15, -0.1) is 0 Å². The van der Waals surface area contributed by atoms with E-state index in [2.05, 4.69) is 35.4 Å². The van der Waals surface area contributed by atoms with Crippen LogP contribution >= 0.6 is 0 Å². The molecule has 0 unspecified atom stereocenters. The van der Waals surface area contributed by atoms with E-state index in [1.54, 1.807) is 12.2 Å². The minimum Gasteiger partial charge on any atom is -0.378 e. The van der Waals surface area contributed by atoms with Crippen molar-refractivity contribution in [2.45, 2.75) is 0 Å². The second-order valence-corrected chi connectivity index (χ2v) is 6.82. The molecule has 3 nitrogen and oxygen atoms in total. The Bertz CT molecular complexity index is 1070. The van der Waals surface area contributed by atoms with Gasteiger partial charge in [-0.1, -0.05) is 66.8 Å². The molecule has 0 amide bonds. The number of ether oxygens (including phenoxy) is 1. The molecule has 3 heteroatoms. The van der Waals surface area contributed by atoms with E-state index in [-0.39, 0.29) is 5.78 Å². The molecule has 3 aromatic carbocycles. The Morgan fingerprint density at radius 2 is 1.54 bits per heavy atom. The van der Waals surface area contributed by atoms with E-state index in [1.165, 1.54) is 10.8 Å². The molecule has 0 bridgehead atoms. The van der Waals surface area contributed by atoms with Gasteiger partial charge >= 0.3 is 0 Å². The maximum Gasteiger partial charge on any atom is 0.185 e. The van der Waals surface area contributed by atoms with E-state index in [0.29, 0.717) is 5.56 Å². The predicted molar refractivity (Wildman–Crippen MR) is 116 cm³/mol. The second-order valence-electron chi connectivity index (χ2n) is 6.82. The van der Waals surface area contributed by atoms with E-state index in [0.717, 1.165) is 37.1 Å². The fourth-order valence-corrected chi connectivity index (χ4v) is 3.42. The maximum absolute atomic E-state index is 12.5. The lowest BCUT2D eigenvalue weighted by atomic mass is 9.98. The number of hydrogen-bond donors (Lipinski definition) is 0. The smallest absolute Gasteiger partial charge is 0.185 e. The number of carbonyl (C=O) groups is 1. The standard InChI is InChI=1S/C25H23NO2/c27-25(9-3-1-2-6-14-26-15-17-28-18-16-26)22-13-12-21-11-10-20-7-4-5-8-23(20)24(21)19-22/h1-14,19H,15-18H2/b2-1+,9-3+,14-6+. The highest BCUT2D eigenvalue weighted by atomic mass is 16.5. The summed E-state index contributed by atoms with van der Waals surface area (Å²) >= 11 is 0. The van der Waals surface area contributed by atoms with Crippen molar-refractivity contribution in [2.24, 2.45) is 0 Å². The molecular weight excluding hydrogens is 346 g/mol. The molecule has 0 saturated carbocycles. The predicted octanol–water partition coefficient (Wildman–Crippen LogP) is 5.13. The summed E-state index contributed by atoms with van der Waals surface area (Å²) in [6.45, 7) is 3.41. The minimum atomic E-state index is 0.0108. The fourth-order valence-electron chi connectivity index (χ4n) is 3.42. The summed E-state index contributed by atoms with van der Waals surface area (Å²) in [5.74, 6) is 0.0108. The third kappa shape index (κ3) is 4.21. The van der Waals surface area contributed by atoms with E-state index in [1.807, 2.05) is 48.6 Å². The molecule has 28 heavy (non-hydrogen) atoms. The molecule has 140 valence electrons. The lowest BCUT2D eigenvalue weighted by molar-refractivity contribution is 0.0594. The number of ketones is 1. The maximum atomic E-state index is 12.5. The molecule has 3 aromatic rings. The SMILES string of the molecule is O=C(/C=C/C=C/C=C/N1CCOCC1)c1ccc2ccc3ccccc3c2c1. The summed E-state index contributed by atoms with van der Waals surface area (Å²) in [5, 5.41) is 4.62. The Balaban J connectivity index is 1.46. The molecule has 0 N–H and O–H groups in total. The zero-order valence-corrected chi connectivity index (χ0v) is 15.8. The third-order valence-corrected chi connectivity index (χ3v) is 4.95. The molecule has 0 radical (unpaired) electrons. The zero-order chi connectivity index (χ0) is 19.2. The molecular formula is C25H23NO2. The van der Waals surface area contributed by atoms with Gasteiger partial charge in [0.1, 0.15) is 0 Å². The van der Waals surface area contributed by atoms with Crippen molar-refractivity contribution in [1.82, 2.24) is 4.90 Å². The topological polar surface area (TPSA) is 29.5 Å². The molecule has 0 atom stereocenters. The average molecular weight is 369 g/mol. The van der Waals surface area contributed by atoms with Crippen LogP contribution in [0.5, 0.6) is 0 Å². The number of carbonyl (C=O) groups excluding carboxylic acids is 1. The van der Waals surface area contributed by atoms with Crippen molar-refractivity contribution in [3.8, 4) is 0 Å². The van der Waals surface area contributed by atoms with Crippen molar-refractivity contribution in [3.05, 3.63) is 96.7 Å². The van der Waals surface area contributed by atoms with Gasteiger partial charge in [0.25, 0.3) is 0 Å². The van der Waals surface area contributed by atoms with Crippen LogP contribution in [0.4, 0.5) is 0 Å². The van der Waals surface area contributed by atoms with Crippen LogP contribution in [0.2, 0.25) is 0 Å². The highest BCUT2D eigenvalue weighted by Crippen LogP contribution is 2.26. The molecule has 0 spiro atoms. The first-order valence-electron chi connectivity index (χ1n) is 9.60. The van der Waals surface area contributed by atoms with Gasteiger partial charge < -0.3 is 9.64 Å². The van der Waals surface area contributed by atoms with Crippen molar-refractivity contribution < 1.29 is 9.53 Å². The number of fused-ring (bicyclic) bond motifs is 3. The van der Waals surface area contributed by atoms with Gasteiger partial charge in [0.05, 0.1) is 13.2 Å². The van der Waals surface area contributed by atoms with Crippen LogP contribution < -0.4 is 0 Å². The lowest BCUT2D eigenvalue weighted by Crippen LogP contribution is -2.31. The van der Waals surface area contributed by atoms with Crippen LogP contribution in [0.15, 0.2) is 91.2 Å². The zero-order valence-electron chi connectivity index (χ0n) is 15.8. The summed E-state index contributed by atoms with van der Waals surface area (Å²) in [6, 6.07) is 18.4. The van der Waals surface area contributed by atoms with Crippen molar-refractivity contribution in [1.29, 1.82) is 0 Å². The molecule has 1 heterocycles. The molecule has 0 aliphatic carbocycles. The summed E-state index contributed by atoms with van der Waals surface area (Å²) in [5.41, 5.74) is 0.706. The van der Waals surface area contributed by atoms with Gasteiger partial charge in [-0.3, -0.25) is 4.79 Å². The van der Waals surface area contributed by atoms with Crippen LogP contribution in [-0.2, 0) is 4.74 Å². The third-order valence-electron chi connectivity index (χ3n) is 4.95. The van der Waals surface area contributed by atoms with Gasteiger partial charge in [-0.05, 0) is 46.0 Å². The molecule has 1 fully saturated rings. The van der Waals surface area contributed by atoms with E-state index < -0.39 is 0 Å². The molecule has 0 aromatic heterocycles. The van der Waals surface area contributed by atoms with Crippen LogP contribution in [0.1, 0.15) is 10.4 Å². The first-order valence-corrected chi connectivity index (χ1v) is 9.60. The van der Waals surface area contributed by atoms with Crippen LogP contribution in [0.25, 0.3) is 21.5 Å². The summed E-state index contributed by atoms with van der Waals surface area (Å²) in [6.07, 6.45) is 11.3. The van der Waals surface area contributed by atoms with Crippen LogP contribution in [0.3, 0.4) is 0 Å². The Kier molecular flexibility index (Phi) is 5.64. The van der Waals surface area contributed by atoms with E-state index in [4.69, 9.17) is 4.74 Å². The van der Waals surface area contributed by atoms with Crippen molar-refractivity contribution >= 4 is 27.3 Å². The largest absolute Gasteiger partial charge is 0.378 e. The van der Waals surface area contributed by atoms with Gasteiger partial charge in [-0.2, -0.15) is 0 Å². The van der Waals surface area contributed by atoms with Crippen LogP contribution in [0, 0.1) is 0 Å². The quantitative estimate of drug-likeness (QED) is 0.270. The Hall–Kier alpha value is -3.17. The van der Waals surface area contributed by atoms with Crippen molar-refractivity contribution in [3.63, 3.8) is 0 Å². The van der Waals surface area contributed by atoms with E-state index in [9.17, 15) is 4.79 Å². The number of hydrogen-bond acceptors (Lipinski definition) is 3. The number of benzene rings is 3. The van der Waals surface area contributed by atoms with Crippen molar-refractivity contribution in [2.75, 3.05) is 26.3 Å². The van der Waals surface area contributed by atoms with Crippen LogP contribution in [-0.4, -0.2) is 37.0 Å². The van der Waals surface area contributed by atoms with Gasteiger partial charge in [-0.25, -0.2) is 0 Å². The summed E-state index contributed by atoms with van der Waals surface area (Å²) in [4.78, 5) is 14.8. The summed E-state index contributed by atoms with van der Waals surface area (Å²) < 4.78 is 5.32.